The Morgan fingerprint density at radius 1 is 1.35 bits per heavy atom. The number of aliphatic hydroxyl groups excluding tert-OH is 1. The summed E-state index contributed by atoms with van der Waals surface area (Å²) in [6.45, 7) is 2.11. The number of rotatable bonds is 4. The highest BCUT2D eigenvalue weighted by molar-refractivity contribution is 5.35. The van der Waals surface area contributed by atoms with Gasteiger partial charge in [0.1, 0.15) is 5.75 Å². The zero-order valence-electron chi connectivity index (χ0n) is 10.5. The average Bonchev–Trinajstić information content (AvgIpc) is 2.75. The monoisotopic (exact) mass is 235 g/mol. The highest BCUT2D eigenvalue weighted by Crippen LogP contribution is 2.27. The normalized spacial score (nSPS) is 25.8. The number of nitrogens with one attached hydrogen (secondary N) is 1. The third-order valence-electron chi connectivity index (χ3n) is 3.55. The molecule has 1 aromatic rings. The molecule has 2 N–H and O–H groups in total. The van der Waals surface area contributed by atoms with Crippen LogP contribution < -0.4 is 10.1 Å². The van der Waals surface area contributed by atoms with E-state index in [1.54, 1.807) is 7.11 Å². The second-order valence-corrected chi connectivity index (χ2v) is 4.74. The Labute approximate surface area is 103 Å². The molecule has 0 amide bonds. The predicted molar refractivity (Wildman–Crippen MR) is 68.2 cm³/mol. The first-order valence-electron chi connectivity index (χ1n) is 6.29. The van der Waals surface area contributed by atoms with Crippen LogP contribution in [-0.2, 0) is 0 Å². The second-order valence-electron chi connectivity index (χ2n) is 4.74. The Balaban J connectivity index is 2.06. The molecule has 1 aliphatic carbocycles. The van der Waals surface area contributed by atoms with Crippen LogP contribution in [-0.4, -0.2) is 24.4 Å². The number of para-hydroxylation sites is 1. The van der Waals surface area contributed by atoms with Crippen molar-refractivity contribution in [1.29, 1.82) is 0 Å². The van der Waals surface area contributed by atoms with Crippen molar-refractivity contribution in [3.8, 4) is 5.75 Å². The highest BCUT2D eigenvalue weighted by Gasteiger charge is 2.26. The number of hydrogen-bond acceptors (Lipinski definition) is 3. The molecule has 3 nitrogen and oxygen atoms in total. The van der Waals surface area contributed by atoms with Gasteiger partial charge in [-0.15, -0.1) is 0 Å². The van der Waals surface area contributed by atoms with Gasteiger partial charge in [-0.25, -0.2) is 0 Å². The van der Waals surface area contributed by atoms with Crippen molar-refractivity contribution in [3.63, 3.8) is 0 Å². The Kier molecular flexibility index (Phi) is 4.02. The van der Waals surface area contributed by atoms with Crippen molar-refractivity contribution in [3.05, 3.63) is 29.8 Å². The van der Waals surface area contributed by atoms with Gasteiger partial charge >= 0.3 is 0 Å². The van der Waals surface area contributed by atoms with E-state index in [1.807, 2.05) is 18.2 Å². The first-order chi connectivity index (χ1) is 8.22. The maximum absolute atomic E-state index is 9.82. The molecule has 0 aromatic heterocycles. The van der Waals surface area contributed by atoms with Crippen molar-refractivity contribution in [2.45, 2.75) is 44.4 Å². The molecule has 0 saturated heterocycles. The lowest BCUT2D eigenvalue weighted by Gasteiger charge is -2.23. The molecule has 0 spiro atoms. The molecule has 3 heteroatoms. The first kappa shape index (κ1) is 12.4. The summed E-state index contributed by atoms with van der Waals surface area (Å²) < 4.78 is 5.36. The lowest BCUT2D eigenvalue weighted by molar-refractivity contribution is 0.144. The van der Waals surface area contributed by atoms with Gasteiger partial charge in [0, 0.05) is 17.6 Å². The number of aliphatic hydroxyl groups is 1. The van der Waals surface area contributed by atoms with Gasteiger partial charge in [0.15, 0.2) is 0 Å². The lowest BCUT2D eigenvalue weighted by Crippen LogP contribution is -2.37. The summed E-state index contributed by atoms with van der Waals surface area (Å²) in [6, 6.07) is 8.44. The molecule has 2 rings (SSSR count). The average molecular weight is 235 g/mol. The Bertz CT molecular complexity index is 367. The smallest absolute Gasteiger partial charge is 0.123 e. The minimum Gasteiger partial charge on any atom is -0.496 e. The van der Waals surface area contributed by atoms with Crippen molar-refractivity contribution < 1.29 is 9.84 Å². The first-order valence-corrected chi connectivity index (χ1v) is 6.29. The van der Waals surface area contributed by atoms with Crippen LogP contribution in [0.3, 0.4) is 0 Å². The van der Waals surface area contributed by atoms with Crippen LogP contribution in [0.5, 0.6) is 5.75 Å². The predicted octanol–water partition coefficient (Wildman–Crippen LogP) is 2.26. The van der Waals surface area contributed by atoms with E-state index in [9.17, 15) is 5.11 Å². The zero-order chi connectivity index (χ0) is 12.3. The van der Waals surface area contributed by atoms with Gasteiger partial charge in [0.2, 0.25) is 0 Å². The fourth-order valence-corrected chi connectivity index (χ4v) is 2.57. The molecule has 94 valence electrons. The van der Waals surface area contributed by atoms with Crippen molar-refractivity contribution in [2.75, 3.05) is 7.11 Å². The van der Waals surface area contributed by atoms with Crippen LogP contribution >= 0.6 is 0 Å². The van der Waals surface area contributed by atoms with Gasteiger partial charge in [0.05, 0.1) is 13.2 Å². The third-order valence-corrected chi connectivity index (χ3v) is 3.55. The standard InChI is InChI=1S/C14H21NO2/c1-10(15-12-7-5-8-13(12)16)11-6-3-4-9-14(11)17-2/h3-4,6,9-10,12-13,15-16H,5,7-8H2,1-2H3/t10-,12-,13-/m0/s1. The molecular weight excluding hydrogens is 214 g/mol. The molecule has 1 saturated carbocycles. The van der Waals surface area contributed by atoms with Crippen molar-refractivity contribution >= 4 is 0 Å². The fourth-order valence-electron chi connectivity index (χ4n) is 2.57. The van der Waals surface area contributed by atoms with Gasteiger partial charge in [-0.05, 0) is 32.3 Å². The van der Waals surface area contributed by atoms with Gasteiger partial charge < -0.3 is 15.2 Å². The number of hydrogen-bond donors (Lipinski definition) is 2. The molecule has 0 heterocycles. The van der Waals surface area contributed by atoms with E-state index in [0.29, 0.717) is 0 Å². The topological polar surface area (TPSA) is 41.5 Å². The summed E-state index contributed by atoms with van der Waals surface area (Å²) in [5.41, 5.74) is 1.15. The largest absolute Gasteiger partial charge is 0.496 e. The van der Waals surface area contributed by atoms with E-state index in [4.69, 9.17) is 4.74 Å². The summed E-state index contributed by atoms with van der Waals surface area (Å²) in [7, 11) is 1.69. The van der Waals surface area contributed by atoms with Crippen LogP contribution in [0.15, 0.2) is 24.3 Å². The van der Waals surface area contributed by atoms with Crippen LogP contribution in [0.4, 0.5) is 0 Å². The minimum absolute atomic E-state index is 0.198. The number of methoxy groups -OCH3 is 1. The van der Waals surface area contributed by atoms with E-state index < -0.39 is 0 Å². The summed E-state index contributed by atoms with van der Waals surface area (Å²) in [6.07, 6.45) is 2.88. The second kappa shape index (κ2) is 5.52. The molecule has 17 heavy (non-hydrogen) atoms. The van der Waals surface area contributed by atoms with E-state index >= 15 is 0 Å². The molecule has 1 fully saturated rings. The van der Waals surface area contributed by atoms with Crippen LogP contribution in [0.25, 0.3) is 0 Å². The van der Waals surface area contributed by atoms with Crippen molar-refractivity contribution in [1.82, 2.24) is 5.32 Å². The van der Waals surface area contributed by atoms with E-state index in [-0.39, 0.29) is 18.2 Å². The summed E-state index contributed by atoms with van der Waals surface area (Å²) in [5.74, 6) is 0.903. The Morgan fingerprint density at radius 2 is 2.12 bits per heavy atom. The van der Waals surface area contributed by atoms with Gasteiger partial charge in [-0.2, -0.15) is 0 Å². The Morgan fingerprint density at radius 3 is 2.76 bits per heavy atom. The molecule has 0 unspecified atom stereocenters. The molecule has 0 radical (unpaired) electrons. The van der Waals surface area contributed by atoms with E-state index in [0.717, 1.165) is 30.6 Å². The third kappa shape index (κ3) is 2.79. The molecule has 0 bridgehead atoms. The molecular formula is C14H21NO2. The number of benzene rings is 1. The summed E-state index contributed by atoms with van der Waals surface area (Å²) in [4.78, 5) is 0. The molecule has 1 aromatic carbocycles. The highest BCUT2D eigenvalue weighted by atomic mass is 16.5. The lowest BCUT2D eigenvalue weighted by atomic mass is 10.1. The van der Waals surface area contributed by atoms with E-state index in [2.05, 4.69) is 18.3 Å². The fraction of sp³-hybridized carbons (Fsp3) is 0.571. The van der Waals surface area contributed by atoms with Gasteiger partial charge in [0.25, 0.3) is 0 Å². The SMILES string of the molecule is COc1ccccc1[C@H](C)N[C@H]1CCC[C@@H]1O. The van der Waals surface area contributed by atoms with Crippen LogP contribution in [0.1, 0.15) is 37.8 Å². The molecule has 3 atom stereocenters. The van der Waals surface area contributed by atoms with Crippen LogP contribution in [0.2, 0.25) is 0 Å². The zero-order valence-corrected chi connectivity index (χ0v) is 10.5. The Hall–Kier alpha value is -1.06. The summed E-state index contributed by atoms with van der Waals surface area (Å²) >= 11 is 0. The van der Waals surface area contributed by atoms with E-state index in [1.165, 1.54) is 0 Å². The summed E-state index contributed by atoms with van der Waals surface area (Å²) in [5, 5.41) is 13.3. The maximum atomic E-state index is 9.82. The van der Waals surface area contributed by atoms with Gasteiger partial charge in [-0.3, -0.25) is 0 Å². The van der Waals surface area contributed by atoms with Crippen LogP contribution in [0, 0.1) is 0 Å². The minimum atomic E-state index is -0.202. The van der Waals surface area contributed by atoms with Gasteiger partial charge in [-0.1, -0.05) is 18.2 Å². The number of ether oxygens (including phenoxy) is 1. The quantitative estimate of drug-likeness (QED) is 0.841. The molecule has 0 aliphatic heterocycles. The van der Waals surface area contributed by atoms with Crippen molar-refractivity contribution in [2.24, 2.45) is 0 Å². The maximum Gasteiger partial charge on any atom is 0.123 e. The molecule has 1 aliphatic rings.